The number of amides is 3. The number of nitrogens with one attached hydrogen (secondary N) is 3. The van der Waals surface area contributed by atoms with Crippen LogP contribution in [0.5, 0.6) is 0 Å². The number of halogens is 4. The molecule has 2 heterocycles. The number of carbonyl (C=O) groups excluding carboxylic acids is 2. The van der Waals surface area contributed by atoms with Crippen molar-refractivity contribution in [3.63, 3.8) is 0 Å². The number of carbonyl (C=O) groups is 2. The summed E-state index contributed by atoms with van der Waals surface area (Å²) in [4.78, 5) is 41.3. The summed E-state index contributed by atoms with van der Waals surface area (Å²) in [6.45, 7) is 3.35. The molecule has 8 nitrogen and oxygen atoms in total. The number of urea groups is 1. The molecular weight excluding hydrogens is 511 g/mol. The topological polar surface area (TPSA) is 105 Å². The first kappa shape index (κ1) is 25.7. The van der Waals surface area contributed by atoms with Crippen LogP contribution in [-0.4, -0.2) is 21.5 Å². The van der Waals surface area contributed by atoms with Crippen molar-refractivity contribution in [2.45, 2.75) is 20.4 Å². The van der Waals surface area contributed by atoms with Crippen molar-refractivity contribution in [3.05, 3.63) is 81.5 Å². The Balaban J connectivity index is 1.74. The molecule has 0 saturated carbocycles. The van der Waals surface area contributed by atoms with Gasteiger partial charge in [0, 0.05) is 54.0 Å². The molecule has 12 heteroatoms. The molecule has 0 radical (unpaired) electrons. The number of rotatable bonds is 5. The van der Waals surface area contributed by atoms with Crippen molar-refractivity contribution in [1.29, 1.82) is 0 Å². The summed E-state index contributed by atoms with van der Waals surface area (Å²) in [6, 6.07) is 6.64. The van der Waals surface area contributed by atoms with Crippen molar-refractivity contribution in [2.24, 2.45) is 0 Å². The lowest BCUT2D eigenvalue weighted by Crippen LogP contribution is -2.22. The number of aryl methyl sites for hydroxylation is 1. The van der Waals surface area contributed by atoms with Crippen LogP contribution in [0.25, 0.3) is 22.0 Å². The van der Waals surface area contributed by atoms with Crippen LogP contribution >= 0.6 is 11.6 Å². The Morgan fingerprint density at radius 1 is 0.946 bits per heavy atom. The van der Waals surface area contributed by atoms with E-state index < -0.39 is 29.0 Å². The van der Waals surface area contributed by atoms with E-state index in [1.807, 2.05) is 0 Å². The standard InChI is InChI=1S/C25H19ClF3N5O3/c1-3-34-22-10-23(31-12(2)35)30-11-13(22)4-18(24(34)36)17-8-21(20(29)9-19(17)26)33-25(37)32-16-6-14(27)5-15(28)7-16/h4-11H,3H2,1-2H3,(H,30,31,35)(H2,32,33,37). The fourth-order valence-electron chi connectivity index (χ4n) is 3.79. The van der Waals surface area contributed by atoms with E-state index in [4.69, 9.17) is 11.6 Å². The van der Waals surface area contributed by atoms with Crippen LogP contribution in [-0.2, 0) is 11.3 Å². The summed E-state index contributed by atoms with van der Waals surface area (Å²) < 4.78 is 42.9. The van der Waals surface area contributed by atoms with Gasteiger partial charge in [-0.3, -0.25) is 9.59 Å². The fraction of sp³-hybridized carbons (Fsp3) is 0.120. The van der Waals surface area contributed by atoms with Gasteiger partial charge < -0.3 is 20.5 Å². The Bertz CT molecular complexity index is 1600. The molecule has 3 amide bonds. The van der Waals surface area contributed by atoms with Gasteiger partial charge in [-0.15, -0.1) is 0 Å². The Morgan fingerprint density at radius 2 is 1.65 bits per heavy atom. The van der Waals surface area contributed by atoms with Gasteiger partial charge in [0.15, 0.2) is 0 Å². The average molecular weight is 530 g/mol. The predicted molar refractivity (Wildman–Crippen MR) is 135 cm³/mol. The molecule has 0 bridgehead atoms. The maximum Gasteiger partial charge on any atom is 0.323 e. The lowest BCUT2D eigenvalue weighted by Gasteiger charge is -2.15. The third kappa shape index (κ3) is 5.56. The third-order valence-corrected chi connectivity index (χ3v) is 5.63. The largest absolute Gasteiger partial charge is 0.323 e. The molecule has 0 fully saturated rings. The van der Waals surface area contributed by atoms with Crippen LogP contribution in [0.2, 0.25) is 5.02 Å². The van der Waals surface area contributed by atoms with Crippen molar-refractivity contribution >= 4 is 51.6 Å². The quantitative estimate of drug-likeness (QED) is 0.306. The average Bonchev–Trinajstić information content (AvgIpc) is 2.79. The molecule has 2 aromatic carbocycles. The number of aromatic nitrogens is 2. The first-order valence-electron chi connectivity index (χ1n) is 10.9. The van der Waals surface area contributed by atoms with Crippen molar-refractivity contribution < 1.29 is 22.8 Å². The number of fused-ring (bicyclic) bond motifs is 1. The Hall–Kier alpha value is -4.38. The second kappa shape index (κ2) is 10.3. The van der Waals surface area contributed by atoms with Crippen molar-refractivity contribution in [1.82, 2.24) is 9.55 Å². The van der Waals surface area contributed by atoms with Gasteiger partial charge in [-0.25, -0.2) is 22.9 Å². The molecule has 3 N–H and O–H groups in total. The summed E-state index contributed by atoms with van der Waals surface area (Å²) in [7, 11) is 0. The van der Waals surface area contributed by atoms with Gasteiger partial charge in [0.1, 0.15) is 23.3 Å². The summed E-state index contributed by atoms with van der Waals surface area (Å²) in [6.07, 6.45) is 1.47. The van der Waals surface area contributed by atoms with Crippen LogP contribution in [0.3, 0.4) is 0 Å². The molecule has 0 spiro atoms. The molecule has 4 rings (SSSR count). The normalized spacial score (nSPS) is 10.9. The van der Waals surface area contributed by atoms with E-state index in [1.165, 1.54) is 29.8 Å². The van der Waals surface area contributed by atoms with E-state index >= 15 is 0 Å². The molecule has 37 heavy (non-hydrogen) atoms. The zero-order valence-electron chi connectivity index (χ0n) is 19.5. The molecule has 4 aromatic rings. The Kier molecular flexibility index (Phi) is 7.16. The fourth-order valence-corrected chi connectivity index (χ4v) is 4.04. The lowest BCUT2D eigenvalue weighted by atomic mass is 10.0. The van der Waals surface area contributed by atoms with Crippen LogP contribution in [0, 0.1) is 17.5 Å². The number of benzene rings is 2. The van der Waals surface area contributed by atoms with Crippen LogP contribution in [0.4, 0.5) is 35.2 Å². The highest BCUT2D eigenvalue weighted by Gasteiger charge is 2.18. The van der Waals surface area contributed by atoms with E-state index in [0.717, 1.165) is 18.2 Å². The Labute approximate surface area is 213 Å². The van der Waals surface area contributed by atoms with E-state index in [1.54, 1.807) is 13.0 Å². The van der Waals surface area contributed by atoms with Gasteiger partial charge in [-0.1, -0.05) is 11.6 Å². The highest BCUT2D eigenvalue weighted by Crippen LogP contribution is 2.33. The molecule has 0 atom stereocenters. The number of anilines is 3. The molecule has 2 aromatic heterocycles. The van der Waals surface area contributed by atoms with E-state index in [2.05, 4.69) is 20.9 Å². The number of hydrogen-bond acceptors (Lipinski definition) is 4. The summed E-state index contributed by atoms with van der Waals surface area (Å²) >= 11 is 6.28. The minimum atomic E-state index is -0.976. The van der Waals surface area contributed by atoms with Gasteiger partial charge in [0.25, 0.3) is 5.56 Å². The molecule has 0 aliphatic heterocycles. The van der Waals surface area contributed by atoms with E-state index in [-0.39, 0.29) is 45.8 Å². The number of pyridine rings is 2. The first-order chi connectivity index (χ1) is 17.5. The zero-order valence-corrected chi connectivity index (χ0v) is 20.2. The SMILES string of the molecule is CCn1c(=O)c(-c2cc(NC(=O)Nc3cc(F)cc(F)c3)c(F)cc2Cl)cc2cnc(NC(C)=O)cc21. The molecule has 0 unspecified atom stereocenters. The van der Waals surface area contributed by atoms with Crippen LogP contribution in [0.1, 0.15) is 13.8 Å². The smallest absolute Gasteiger partial charge is 0.311 e. The van der Waals surface area contributed by atoms with Gasteiger partial charge in [-0.05, 0) is 37.3 Å². The first-order valence-corrected chi connectivity index (χ1v) is 11.3. The maximum atomic E-state index is 14.6. The van der Waals surface area contributed by atoms with Crippen molar-refractivity contribution in [2.75, 3.05) is 16.0 Å². The minimum Gasteiger partial charge on any atom is -0.311 e. The van der Waals surface area contributed by atoms with Gasteiger partial charge in [0.05, 0.1) is 16.2 Å². The monoisotopic (exact) mass is 529 g/mol. The highest BCUT2D eigenvalue weighted by molar-refractivity contribution is 6.33. The molecule has 190 valence electrons. The van der Waals surface area contributed by atoms with Crippen molar-refractivity contribution in [3.8, 4) is 11.1 Å². The second-order valence-electron chi connectivity index (χ2n) is 7.97. The molecule has 0 aliphatic carbocycles. The third-order valence-electron chi connectivity index (χ3n) is 5.31. The maximum absolute atomic E-state index is 14.6. The van der Waals surface area contributed by atoms with Crippen LogP contribution < -0.4 is 21.5 Å². The molecule has 0 saturated heterocycles. The van der Waals surface area contributed by atoms with Gasteiger partial charge in [-0.2, -0.15) is 0 Å². The summed E-state index contributed by atoms with van der Waals surface area (Å²) in [5, 5.41) is 7.49. The van der Waals surface area contributed by atoms with Gasteiger partial charge >= 0.3 is 6.03 Å². The second-order valence-corrected chi connectivity index (χ2v) is 8.37. The number of hydrogen-bond donors (Lipinski definition) is 3. The molecule has 0 aliphatic rings. The minimum absolute atomic E-state index is 0.0856. The van der Waals surface area contributed by atoms with E-state index in [0.29, 0.717) is 17.0 Å². The zero-order chi connectivity index (χ0) is 26.9. The van der Waals surface area contributed by atoms with Gasteiger partial charge in [0.2, 0.25) is 5.91 Å². The van der Waals surface area contributed by atoms with E-state index in [9.17, 15) is 27.6 Å². The highest BCUT2D eigenvalue weighted by atomic mass is 35.5. The molecular formula is C25H19ClF3N5O3. The Morgan fingerprint density at radius 3 is 2.30 bits per heavy atom. The van der Waals surface area contributed by atoms with Crippen LogP contribution in [0.15, 0.2) is 53.5 Å². The summed E-state index contributed by atoms with van der Waals surface area (Å²) in [5.74, 6) is -2.76. The number of nitrogens with zero attached hydrogens (tertiary/aromatic N) is 2. The lowest BCUT2D eigenvalue weighted by molar-refractivity contribution is -0.114. The predicted octanol–water partition coefficient (Wildman–Crippen LogP) is 5.76. The summed E-state index contributed by atoms with van der Waals surface area (Å²) in [5.41, 5.74) is -0.201.